The molecule has 2 aromatic carbocycles. The Morgan fingerprint density at radius 2 is 1.85 bits per heavy atom. The molecule has 1 aliphatic rings. The van der Waals surface area contributed by atoms with E-state index in [1.54, 1.807) is 12.1 Å². The average molecular weight is 396 g/mol. The fourth-order valence-corrected chi connectivity index (χ4v) is 2.95. The first-order valence-corrected chi connectivity index (χ1v) is 8.03. The van der Waals surface area contributed by atoms with Gasteiger partial charge < -0.3 is 16.2 Å². The lowest BCUT2D eigenvalue weighted by Crippen LogP contribution is -2.24. The molecule has 0 fully saturated rings. The van der Waals surface area contributed by atoms with E-state index in [0.29, 0.717) is 22.4 Å². The number of fused-ring (bicyclic) bond motifs is 1. The molecule has 3 rings (SSSR count). The van der Waals surface area contributed by atoms with Crippen molar-refractivity contribution in [3.63, 3.8) is 0 Å². The van der Waals surface area contributed by atoms with Gasteiger partial charge in [-0.25, -0.2) is 0 Å². The molecule has 4 N–H and O–H groups in total. The number of carbonyl (C=O) groups is 1. The molecule has 1 heterocycles. The van der Waals surface area contributed by atoms with Gasteiger partial charge in [0.15, 0.2) is 5.96 Å². The summed E-state index contributed by atoms with van der Waals surface area (Å²) < 4.78 is 44.1. The summed E-state index contributed by atoms with van der Waals surface area (Å²) in [5, 5.41) is -0.0649. The number of nitrogens with zero attached hydrogens (tertiary/aromatic N) is 1. The SMILES string of the molecule is NC(N)=NC(=O)c1ccc2c(c1)C(c1ccc(C(F)(F)F)cc1Cl)=CCO2. The molecular weight excluding hydrogens is 383 g/mol. The van der Waals surface area contributed by atoms with E-state index < -0.39 is 17.6 Å². The largest absolute Gasteiger partial charge is 0.489 e. The minimum atomic E-state index is -4.50. The number of hydrogen-bond acceptors (Lipinski definition) is 2. The average Bonchev–Trinajstić information content (AvgIpc) is 2.59. The van der Waals surface area contributed by atoms with Crippen molar-refractivity contribution in [3.05, 3.63) is 69.8 Å². The number of benzene rings is 2. The molecule has 5 nitrogen and oxygen atoms in total. The van der Waals surface area contributed by atoms with Crippen LogP contribution in [0.1, 0.15) is 27.0 Å². The quantitative estimate of drug-likeness (QED) is 0.600. The van der Waals surface area contributed by atoms with E-state index in [4.69, 9.17) is 27.8 Å². The summed E-state index contributed by atoms with van der Waals surface area (Å²) in [5.41, 5.74) is 11.2. The van der Waals surface area contributed by atoms with Crippen molar-refractivity contribution < 1.29 is 22.7 Å². The summed E-state index contributed by atoms with van der Waals surface area (Å²) in [4.78, 5) is 15.5. The van der Waals surface area contributed by atoms with Gasteiger partial charge in [-0.1, -0.05) is 17.7 Å². The van der Waals surface area contributed by atoms with Crippen molar-refractivity contribution in [2.45, 2.75) is 6.18 Å². The molecule has 2 aromatic rings. The molecule has 0 aromatic heterocycles. The lowest BCUT2D eigenvalue weighted by Gasteiger charge is -2.21. The maximum atomic E-state index is 12.9. The number of alkyl halides is 3. The topological polar surface area (TPSA) is 90.7 Å². The number of hydrogen-bond donors (Lipinski definition) is 2. The Kier molecular flexibility index (Phi) is 4.84. The maximum absolute atomic E-state index is 12.9. The highest BCUT2D eigenvalue weighted by Crippen LogP contribution is 2.40. The molecule has 0 radical (unpaired) electrons. The Morgan fingerprint density at radius 1 is 1.11 bits per heavy atom. The van der Waals surface area contributed by atoms with Crippen LogP contribution >= 0.6 is 11.6 Å². The number of guanidine groups is 1. The van der Waals surface area contributed by atoms with E-state index >= 15 is 0 Å². The Hall–Kier alpha value is -3.00. The zero-order chi connectivity index (χ0) is 19.8. The van der Waals surface area contributed by atoms with E-state index in [9.17, 15) is 18.0 Å². The predicted molar refractivity (Wildman–Crippen MR) is 95.6 cm³/mol. The van der Waals surface area contributed by atoms with E-state index in [2.05, 4.69) is 4.99 Å². The van der Waals surface area contributed by atoms with E-state index in [1.807, 2.05) is 0 Å². The van der Waals surface area contributed by atoms with Gasteiger partial charge in [0.2, 0.25) is 0 Å². The summed E-state index contributed by atoms with van der Waals surface area (Å²) in [5.74, 6) is -0.568. The second-order valence-electron chi connectivity index (χ2n) is 5.67. The first-order chi connectivity index (χ1) is 12.7. The molecule has 1 aliphatic heterocycles. The van der Waals surface area contributed by atoms with Crippen LogP contribution < -0.4 is 16.2 Å². The number of nitrogens with two attached hydrogens (primary N) is 2. The third kappa shape index (κ3) is 3.90. The molecule has 0 atom stereocenters. The Morgan fingerprint density at radius 3 is 2.48 bits per heavy atom. The van der Waals surface area contributed by atoms with Crippen LogP contribution in [0.2, 0.25) is 5.02 Å². The van der Waals surface area contributed by atoms with Crippen LogP contribution in [0.4, 0.5) is 13.2 Å². The van der Waals surface area contributed by atoms with Gasteiger partial charge in [0.1, 0.15) is 12.4 Å². The normalized spacial score (nSPS) is 13.3. The summed E-state index contributed by atoms with van der Waals surface area (Å²) in [6.45, 7) is 0.209. The lowest BCUT2D eigenvalue weighted by atomic mass is 9.93. The van der Waals surface area contributed by atoms with Gasteiger partial charge in [0, 0.05) is 21.7 Å². The van der Waals surface area contributed by atoms with Gasteiger partial charge in [-0.15, -0.1) is 0 Å². The fourth-order valence-electron chi connectivity index (χ4n) is 2.67. The maximum Gasteiger partial charge on any atom is 0.416 e. The summed E-state index contributed by atoms with van der Waals surface area (Å²) in [6.07, 6.45) is -2.82. The van der Waals surface area contributed by atoms with Crippen molar-refractivity contribution in [3.8, 4) is 5.75 Å². The third-order valence-electron chi connectivity index (χ3n) is 3.86. The molecule has 0 bridgehead atoms. The summed E-state index contributed by atoms with van der Waals surface area (Å²) >= 11 is 6.10. The standard InChI is InChI=1S/C18H13ClF3N3O2/c19-14-8-10(18(20,21)22)2-3-12(14)11-5-6-27-15-4-1-9(7-13(11)15)16(26)25-17(23)24/h1-5,7-8H,6H2,(H4,23,24,25,26). The Balaban J connectivity index is 2.06. The summed E-state index contributed by atoms with van der Waals surface area (Å²) in [6, 6.07) is 7.66. The molecule has 0 aliphatic carbocycles. The minimum Gasteiger partial charge on any atom is -0.489 e. The second kappa shape index (κ2) is 6.96. The second-order valence-corrected chi connectivity index (χ2v) is 6.08. The zero-order valence-electron chi connectivity index (χ0n) is 13.7. The van der Waals surface area contributed by atoms with E-state index in [1.165, 1.54) is 18.2 Å². The van der Waals surface area contributed by atoms with Crippen LogP contribution in [0.3, 0.4) is 0 Å². The predicted octanol–water partition coefficient (Wildman–Crippen LogP) is 3.60. The van der Waals surface area contributed by atoms with Gasteiger partial charge in [0.05, 0.1) is 5.56 Å². The van der Waals surface area contributed by atoms with Gasteiger partial charge in [-0.3, -0.25) is 4.79 Å². The number of rotatable bonds is 2. The molecule has 9 heteroatoms. The minimum absolute atomic E-state index is 0.0649. The van der Waals surface area contributed by atoms with Gasteiger partial charge in [-0.2, -0.15) is 18.2 Å². The lowest BCUT2D eigenvalue weighted by molar-refractivity contribution is -0.137. The van der Waals surface area contributed by atoms with Crippen molar-refractivity contribution >= 4 is 29.0 Å². The van der Waals surface area contributed by atoms with Crippen molar-refractivity contribution in [2.24, 2.45) is 16.5 Å². The molecule has 140 valence electrons. The molecular formula is C18H13ClF3N3O2. The third-order valence-corrected chi connectivity index (χ3v) is 4.17. The molecule has 0 saturated carbocycles. The van der Waals surface area contributed by atoms with Gasteiger partial charge >= 0.3 is 6.18 Å². The molecule has 0 spiro atoms. The molecule has 27 heavy (non-hydrogen) atoms. The van der Waals surface area contributed by atoms with Crippen LogP contribution in [0.25, 0.3) is 5.57 Å². The van der Waals surface area contributed by atoms with Crippen molar-refractivity contribution in [1.82, 2.24) is 0 Å². The van der Waals surface area contributed by atoms with E-state index in [-0.39, 0.29) is 23.2 Å². The molecule has 1 amide bonds. The number of aliphatic imine (C=N–C) groups is 1. The van der Waals surface area contributed by atoms with Gasteiger partial charge in [-0.05, 0) is 42.0 Å². The number of amides is 1. The highest BCUT2D eigenvalue weighted by atomic mass is 35.5. The van der Waals surface area contributed by atoms with Crippen LogP contribution in [-0.2, 0) is 6.18 Å². The summed E-state index contributed by atoms with van der Waals surface area (Å²) in [7, 11) is 0. The Labute approximate surface area is 157 Å². The fraction of sp³-hybridized carbons (Fsp3) is 0.111. The number of ether oxygens (including phenoxy) is 1. The van der Waals surface area contributed by atoms with Gasteiger partial charge in [0.25, 0.3) is 5.91 Å². The Bertz CT molecular complexity index is 980. The van der Waals surface area contributed by atoms with Crippen LogP contribution in [-0.4, -0.2) is 18.5 Å². The highest BCUT2D eigenvalue weighted by molar-refractivity contribution is 6.32. The van der Waals surface area contributed by atoms with Crippen LogP contribution in [0, 0.1) is 0 Å². The zero-order valence-corrected chi connectivity index (χ0v) is 14.4. The molecule has 0 saturated heterocycles. The van der Waals surface area contributed by atoms with Crippen molar-refractivity contribution in [2.75, 3.05) is 6.61 Å². The van der Waals surface area contributed by atoms with E-state index in [0.717, 1.165) is 12.1 Å². The number of halogens is 4. The van der Waals surface area contributed by atoms with Crippen LogP contribution in [0.15, 0.2) is 47.5 Å². The van der Waals surface area contributed by atoms with Crippen molar-refractivity contribution in [1.29, 1.82) is 0 Å². The smallest absolute Gasteiger partial charge is 0.416 e. The first-order valence-electron chi connectivity index (χ1n) is 7.65. The highest BCUT2D eigenvalue weighted by Gasteiger charge is 2.31. The van der Waals surface area contributed by atoms with Crippen LogP contribution in [0.5, 0.6) is 5.75 Å². The molecule has 0 unspecified atom stereocenters. The number of carbonyl (C=O) groups excluding carboxylic acids is 1. The monoisotopic (exact) mass is 395 g/mol. The first kappa shape index (κ1) is 18.8.